The number of hydrogen-bond donors (Lipinski definition) is 4. The van der Waals surface area contributed by atoms with Crippen LogP contribution in [0.25, 0.3) is 0 Å². The van der Waals surface area contributed by atoms with Crippen LogP contribution >= 0.6 is 15.9 Å². The van der Waals surface area contributed by atoms with Gasteiger partial charge in [-0.15, -0.1) is 0 Å². The Morgan fingerprint density at radius 2 is 2.20 bits per heavy atom. The third-order valence-electron chi connectivity index (χ3n) is 2.47. The highest BCUT2D eigenvalue weighted by Gasteiger charge is 2.12. The van der Waals surface area contributed by atoms with Gasteiger partial charge in [0.15, 0.2) is 0 Å². The van der Waals surface area contributed by atoms with E-state index in [0.717, 1.165) is 5.56 Å². The SMILES string of the molecule is O=C(NCc1cn[nH]c1)Nc1cc(Br)ccc1C(=O)O. The Labute approximate surface area is 122 Å². The van der Waals surface area contributed by atoms with Crippen molar-refractivity contribution in [2.24, 2.45) is 0 Å². The smallest absolute Gasteiger partial charge is 0.337 e. The number of amides is 2. The van der Waals surface area contributed by atoms with Crippen molar-refractivity contribution in [3.05, 3.63) is 46.2 Å². The van der Waals surface area contributed by atoms with Crippen LogP contribution < -0.4 is 10.6 Å². The van der Waals surface area contributed by atoms with Crippen LogP contribution in [0.1, 0.15) is 15.9 Å². The van der Waals surface area contributed by atoms with Crippen LogP contribution in [-0.4, -0.2) is 27.3 Å². The molecule has 4 N–H and O–H groups in total. The monoisotopic (exact) mass is 338 g/mol. The molecule has 0 aliphatic carbocycles. The summed E-state index contributed by atoms with van der Waals surface area (Å²) in [6.45, 7) is 0.290. The van der Waals surface area contributed by atoms with E-state index in [1.54, 1.807) is 18.5 Å². The van der Waals surface area contributed by atoms with E-state index in [9.17, 15) is 9.59 Å². The minimum absolute atomic E-state index is 0.0201. The van der Waals surface area contributed by atoms with Gasteiger partial charge in [0.25, 0.3) is 0 Å². The van der Waals surface area contributed by atoms with Crippen molar-refractivity contribution in [3.8, 4) is 0 Å². The molecule has 2 aromatic rings. The zero-order valence-corrected chi connectivity index (χ0v) is 11.8. The van der Waals surface area contributed by atoms with Crippen LogP contribution in [0.2, 0.25) is 0 Å². The van der Waals surface area contributed by atoms with Crippen molar-refractivity contribution in [1.29, 1.82) is 0 Å². The van der Waals surface area contributed by atoms with Gasteiger partial charge in [0.05, 0.1) is 17.4 Å². The van der Waals surface area contributed by atoms with Gasteiger partial charge >= 0.3 is 12.0 Å². The highest BCUT2D eigenvalue weighted by atomic mass is 79.9. The van der Waals surface area contributed by atoms with Gasteiger partial charge in [0.1, 0.15) is 0 Å². The number of carboxylic acid groups (broad SMARTS) is 1. The van der Waals surface area contributed by atoms with Crippen LogP contribution in [-0.2, 0) is 6.54 Å². The Bertz CT molecular complexity index is 628. The zero-order valence-electron chi connectivity index (χ0n) is 10.2. The number of nitrogens with zero attached hydrogens (tertiary/aromatic N) is 1. The number of carboxylic acids is 1. The number of H-pyrrole nitrogens is 1. The molecule has 0 aliphatic heterocycles. The molecule has 0 bridgehead atoms. The number of benzene rings is 1. The fourth-order valence-corrected chi connectivity index (χ4v) is 1.89. The lowest BCUT2D eigenvalue weighted by atomic mass is 10.2. The first-order valence-electron chi connectivity index (χ1n) is 5.61. The van der Waals surface area contributed by atoms with Crippen molar-refractivity contribution in [2.75, 3.05) is 5.32 Å². The summed E-state index contributed by atoms with van der Waals surface area (Å²) >= 11 is 3.23. The minimum Gasteiger partial charge on any atom is -0.478 e. The molecule has 0 fully saturated rings. The number of rotatable bonds is 4. The summed E-state index contributed by atoms with van der Waals surface area (Å²) in [5.74, 6) is -1.11. The highest BCUT2D eigenvalue weighted by Crippen LogP contribution is 2.21. The molecule has 0 radical (unpaired) electrons. The number of aromatic nitrogens is 2. The number of carbonyl (C=O) groups excluding carboxylic acids is 1. The molecule has 104 valence electrons. The first-order chi connectivity index (χ1) is 9.56. The number of aromatic amines is 1. The van der Waals surface area contributed by atoms with Crippen LogP contribution in [0, 0.1) is 0 Å². The molecule has 0 saturated carbocycles. The van der Waals surface area contributed by atoms with E-state index in [2.05, 4.69) is 36.8 Å². The van der Waals surface area contributed by atoms with Crippen LogP contribution in [0.15, 0.2) is 35.1 Å². The van der Waals surface area contributed by atoms with Crippen LogP contribution in [0.5, 0.6) is 0 Å². The van der Waals surface area contributed by atoms with Gasteiger partial charge in [-0.1, -0.05) is 15.9 Å². The lowest BCUT2D eigenvalue weighted by Gasteiger charge is -2.09. The Kier molecular flexibility index (Phi) is 4.36. The molecular formula is C12H11BrN4O3. The van der Waals surface area contributed by atoms with Gasteiger partial charge in [0, 0.05) is 22.8 Å². The topological polar surface area (TPSA) is 107 Å². The van der Waals surface area contributed by atoms with Gasteiger partial charge in [-0.2, -0.15) is 5.10 Å². The predicted octanol–water partition coefficient (Wildman–Crippen LogP) is 2.19. The normalized spacial score (nSPS) is 10.1. The summed E-state index contributed by atoms with van der Waals surface area (Å²) in [6.07, 6.45) is 3.24. The lowest BCUT2D eigenvalue weighted by Crippen LogP contribution is -2.28. The molecule has 8 heteroatoms. The van der Waals surface area contributed by atoms with E-state index in [1.807, 2.05) is 0 Å². The fourth-order valence-electron chi connectivity index (χ4n) is 1.53. The molecule has 1 aromatic heterocycles. The van der Waals surface area contributed by atoms with Crippen LogP contribution in [0.3, 0.4) is 0 Å². The van der Waals surface area contributed by atoms with Crippen molar-refractivity contribution >= 4 is 33.6 Å². The molecule has 1 aromatic carbocycles. The van der Waals surface area contributed by atoms with E-state index >= 15 is 0 Å². The fraction of sp³-hybridized carbons (Fsp3) is 0.0833. The number of aromatic carboxylic acids is 1. The number of halogens is 1. The Hall–Kier alpha value is -2.35. The first kappa shape index (κ1) is 14.1. The Morgan fingerprint density at radius 3 is 2.85 bits per heavy atom. The second-order valence-corrected chi connectivity index (χ2v) is 4.82. The van der Waals surface area contributed by atoms with E-state index in [1.165, 1.54) is 12.1 Å². The third-order valence-corrected chi connectivity index (χ3v) is 2.96. The van der Waals surface area contributed by atoms with Crippen LogP contribution in [0.4, 0.5) is 10.5 Å². The van der Waals surface area contributed by atoms with E-state index in [0.29, 0.717) is 11.0 Å². The van der Waals surface area contributed by atoms with Crippen molar-refractivity contribution in [3.63, 3.8) is 0 Å². The minimum atomic E-state index is -1.11. The Balaban J connectivity index is 2.03. The van der Waals surface area contributed by atoms with Gasteiger partial charge in [-0.25, -0.2) is 9.59 Å². The number of anilines is 1. The zero-order chi connectivity index (χ0) is 14.5. The largest absolute Gasteiger partial charge is 0.478 e. The van der Waals surface area contributed by atoms with Gasteiger partial charge < -0.3 is 15.7 Å². The number of carbonyl (C=O) groups is 2. The number of nitrogens with one attached hydrogen (secondary N) is 3. The van der Waals surface area contributed by atoms with Gasteiger partial charge in [-0.3, -0.25) is 5.10 Å². The maximum atomic E-state index is 11.7. The summed E-state index contributed by atoms with van der Waals surface area (Å²) in [5.41, 5.74) is 1.05. The molecule has 20 heavy (non-hydrogen) atoms. The van der Waals surface area contributed by atoms with Gasteiger partial charge in [0.2, 0.25) is 0 Å². The second kappa shape index (κ2) is 6.20. The molecule has 2 rings (SSSR count). The van der Waals surface area contributed by atoms with Crippen molar-refractivity contribution < 1.29 is 14.7 Å². The van der Waals surface area contributed by atoms with E-state index in [-0.39, 0.29) is 11.3 Å². The summed E-state index contributed by atoms with van der Waals surface area (Å²) in [7, 11) is 0. The van der Waals surface area contributed by atoms with E-state index < -0.39 is 12.0 Å². The number of urea groups is 1. The molecule has 0 unspecified atom stereocenters. The Morgan fingerprint density at radius 1 is 1.40 bits per heavy atom. The molecule has 7 nitrogen and oxygen atoms in total. The summed E-state index contributed by atoms with van der Waals surface area (Å²) in [4.78, 5) is 22.8. The summed E-state index contributed by atoms with van der Waals surface area (Å²) < 4.78 is 0.674. The quantitative estimate of drug-likeness (QED) is 0.685. The molecule has 0 saturated heterocycles. The van der Waals surface area contributed by atoms with E-state index in [4.69, 9.17) is 5.11 Å². The number of hydrogen-bond acceptors (Lipinski definition) is 3. The van der Waals surface area contributed by atoms with Gasteiger partial charge in [-0.05, 0) is 18.2 Å². The second-order valence-electron chi connectivity index (χ2n) is 3.91. The summed E-state index contributed by atoms with van der Waals surface area (Å²) in [6, 6.07) is 4.04. The maximum Gasteiger partial charge on any atom is 0.337 e. The van der Waals surface area contributed by atoms with Crippen molar-refractivity contribution in [2.45, 2.75) is 6.54 Å². The molecule has 0 aliphatic rings. The molecule has 2 amide bonds. The first-order valence-corrected chi connectivity index (χ1v) is 6.41. The van der Waals surface area contributed by atoms with Crippen molar-refractivity contribution in [1.82, 2.24) is 15.5 Å². The molecule has 0 spiro atoms. The average Bonchev–Trinajstić information content (AvgIpc) is 2.89. The molecule has 0 atom stereocenters. The average molecular weight is 339 g/mol. The molecule has 1 heterocycles. The highest BCUT2D eigenvalue weighted by molar-refractivity contribution is 9.10. The lowest BCUT2D eigenvalue weighted by molar-refractivity contribution is 0.0698. The molecular weight excluding hydrogens is 328 g/mol. The summed E-state index contributed by atoms with van der Waals surface area (Å²) in [5, 5.41) is 20.5. The predicted molar refractivity (Wildman–Crippen MR) is 75.5 cm³/mol. The maximum absolute atomic E-state index is 11.7. The third kappa shape index (κ3) is 3.58. The standard InChI is InChI=1S/C12H11BrN4O3/c13-8-1-2-9(11(18)19)10(3-8)17-12(20)14-4-7-5-15-16-6-7/h1-3,5-6H,4H2,(H,15,16)(H,18,19)(H2,14,17,20).